The van der Waals surface area contributed by atoms with E-state index in [-0.39, 0.29) is 5.29 Å². The Morgan fingerprint density at radius 1 is 1.25 bits per heavy atom. The number of ether oxygens (including phenoxy) is 1. The Morgan fingerprint density at radius 3 is 2.60 bits per heavy atom. The first-order chi connectivity index (χ1) is 9.58. The maximum absolute atomic E-state index is 5.91. The summed E-state index contributed by atoms with van der Waals surface area (Å²) in [6.45, 7) is 7.48. The molecule has 2 rings (SSSR count). The van der Waals surface area contributed by atoms with Gasteiger partial charge in [0, 0.05) is 20.9 Å². The van der Waals surface area contributed by atoms with E-state index in [1.54, 1.807) is 18.4 Å². The molecule has 5 heteroatoms. The van der Waals surface area contributed by atoms with Gasteiger partial charge in [0.15, 0.2) is 0 Å². The highest BCUT2D eigenvalue weighted by Crippen LogP contribution is 2.45. The third-order valence-electron chi connectivity index (χ3n) is 2.94. The summed E-state index contributed by atoms with van der Waals surface area (Å²) in [6, 6.07) is 7.87. The Bertz CT molecular complexity index is 677. The summed E-state index contributed by atoms with van der Waals surface area (Å²) < 4.78 is 5.44. The lowest BCUT2D eigenvalue weighted by Crippen LogP contribution is -1.88. The Balaban J connectivity index is 2.71. The van der Waals surface area contributed by atoms with Crippen LogP contribution in [-0.4, -0.2) is 19.1 Å². The molecule has 0 saturated carbocycles. The standard InChI is InChI=1S/C15H15ClN2OS/c1-9-13(11-7-5-6-8-12(11)19-4)14(10(2)20-9)18-15(16)17-3/h5-8H,3H2,1-2,4H3/b18-15-. The van der Waals surface area contributed by atoms with Crippen molar-refractivity contribution >= 4 is 40.6 Å². The molecule has 0 amide bonds. The van der Waals surface area contributed by atoms with Gasteiger partial charge in [-0.2, -0.15) is 0 Å². The van der Waals surface area contributed by atoms with E-state index in [0.29, 0.717) is 0 Å². The van der Waals surface area contributed by atoms with E-state index < -0.39 is 0 Å². The molecule has 0 aliphatic carbocycles. The third kappa shape index (κ3) is 2.76. The van der Waals surface area contributed by atoms with Gasteiger partial charge in [0.1, 0.15) is 5.75 Å². The largest absolute Gasteiger partial charge is 0.496 e. The molecule has 0 bridgehead atoms. The zero-order chi connectivity index (χ0) is 14.7. The topological polar surface area (TPSA) is 34.0 Å². The van der Waals surface area contributed by atoms with Crippen molar-refractivity contribution in [1.82, 2.24) is 0 Å². The summed E-state index contributed by atoms with van der Waals surface area (Å²) in [5.41, 5.74) is 2.87. The van der Waals surface area contributed by atoms with Gasteiger partial charge >= 0.3 is 0 Å². The number of thiophene rings is 1. The molecule has 0 radical (unpaired) electrons. The number of para-hydroxylation sites is 1. The lowest BCUT2D eigenvalue weighted by molar-refractivity contribution is 0.416. The van der Waals surface area contributed by atoms with Crippen molar-refractivity contribution in [3.05, 3.63) is 34.0 Å². The van der Waals surface area contributed by atoms with Gasteiger partial charge in [-0.25, -0.2) is 9.98 Å². The van der Waals surface area contributed by atoms with Gasteiger partial charge in [-0.1, -0.05) is 18.2 Å². The first-order valence-corrected chi connectivity index (χ1v) is 7.22. The van der Waals surface area contributed by atoms with Crippen molar-refractivity contribution in [2.24, 2.45) is 9.98 Å². The first kappa shape index (κ1) is 14.8. The lowest BCUT2D eigenvalue weighted by Gasteiger charge is -2.09. The normalized spacial score (nSPS) is 11.5. The van der Waals surface area contributed by atoms with E-state index in [0.717, 1.165) is 27.4 Å². The minimum atomic E-state index is 0.141. The fourth-order valence-electron chi connectivity index (χ4n) is 2.10. The van der Waals surface area contributed by atoms with Crippen molar-refractivity contribution < 1.29 is 4.74 Å². The predicted molar refractivity (Wildman–Crippen MR) is 88.3 cm³/mol. The number of halogens is 1. The predicted octanol–water partition coefficient (Wildman–Crippen LogP) is 4.97. The van der Waals surface area contributed by atoms with Gasteiger partial charge in [0.2, 0.25) is 5.29 Å². The number of rotatable bonds is 3. The zero-order valence-corrected chi connectivity index (χ0v) is 13.2. The number of methoxy groups -OCH3 is 1. The molecule has 0 atom stereocenters. The second-order valence-electron chi connectivity index (χ2n) is 4.18. The molecular formula is C15H15ClN2OS. The first-order valence-electron chi connectivity index (χ1n) is 6.02. The molecule has 0 saturated heterocycles. The number of benzene rings is 1. The van der Waals surface area contributed by atoms with Crippen LogP contribution in [0.3, 0.4) is 0 Å². The maximum atomic E-state index is 5.91. The van der Waals surface area contributed by atoms with Crippen LogP contribution in [0, 0.1) is 13.8 Å². The molecule has 1 heterocycles. The summed E-state index contributed by atoms with van der Waals surface area (Å²) in [5.74, 6) is 0.813. The average Bonchev–Trinajstić information content (AvgIpc) is 2.73. The third-order valence-corrected chi connectivity index (χ3v) is 4.15. The fraction of sp³-hybridized carbons (Fsp3) is 0.200. The van der Waals surface area contributed by atoms with Crippen molar-refractivity contribution in [1.29, 1.82) is 0 Å². The summed E-state index contributed by atoms with van der Waals surface area (Å²) in [5, 5.41) is 0.141. The molecule has 3 nitrogen and oxygen atoms in total. The quantitative estimate of drug-likeness (QED) is 0.448. The summed E-state index contributed by atoms with van der Waals surface area (Å²) in [4.78, 5) is 10.3. The number of aryl methyl sites for hydroxylation is 2. The SMILES string of the molecule is C=N/C(Cl)=N\c1c(C)sc(C)c1-c1ccccc1OC. The van der Waals surface area contributed by atoms with Crippen LogP contribution in [0.2, 0.25) is 0 Å². The van der Waals surface area contributed by atoms with Gasteiger partial charge in [0.05, 0.1) is 12.8 Å². The Hall–Kier alpha value is -1.65. The highest BCUT2D eigenvalue weighted by molar-refractivity contribution is 7.13. The Morgan fingerprint density at radius 2 is 1.95 bits per heavy atom. The molecule has 2 aromatic rings. The van der Waals surface area contributed by atoms with Gasteiger partial charge in [-0.05, 0) is 38.2 Å². The van der Waals surface area contributed by atoms with Crippen LogP contribution in [-0.2, 0) is 0 Å². The van der Waals surface area contributed by atoms with Gasteiger partial charge in [-0.15, -0.1) is 11.3 Å². The summed E-state index contributed by atoms with van der Waals surface area (Å²) >= 11 is 7.59. The van der Waals surface area contributed by atoms with E-state index in [9.17, 15) is 0 Å². The van der Waals surface area contributed by atoms with E-state index in [1.165, 1.54) is 4.88 Å². The van der Waals surface area contributed by atoms with Gasteiger partial charge < -0.3 is 4.74 Å². The highest BCUT2D eigenvalue weighted by atomic mass is 35.5. The molecule has 1 aromatic heterocycles. The minimum Gasteiger partial charge on any atom is -0.496 e. The number of nitrogens with zero attached hydrogens (tertiary/aromatic N) is 2. The summed E-state index contributed by atoms with van der Waals surface area (Å²) in [6.07, 6.45) is 0. The molecule has 0 spiro atoms. The van der Waals surface area contributed by atoms with E-state index in [4.69, 9.17) is 16.3 Å². The monoisotopic (exact) mass is 306 g/mol. The smallest absolute Gasteiger partial charge is 0.222 e. The summed E-state index contributed by atoms with van der Waals surface area (Å²) in [7, 11) is 1.66. The lowest BCUT2D eigenvalue weighted by atomic mass is 10.0. The average molecular weight is 307 g/mol. The van der Waals surface area contributed by atoms with Crippen molar-refractivity contribution in [3.8, 4) is 16.9 Å². The Kier molecular flexibility index (Phi) is 4.57. The molecule has 0 unspecified atom stereocenters. The van der Waals surface area contributed by atoms with Crippen LogP contribution >= 0.6 is 22.9 Å². The molecule has 0 aliphatic heterocycles. The van der Waals surface area contributed by atoms with Crippen LogP contribution in [0.5, 0.6) is 5.75 Å². The molecule has 1 aromatic carbocycles. The number of amidine groups is 1. The maximum Gasteiger partial charge on any atom is 0.222 e. The zero-order valence-electron chi connectivity index (χ0n) is 11.6. The van der Waals surface area contributed by atoms with Crippen LogP contribution < -0.4 is 4.74 Å². The molecule has 0 fully saturated rings. The highest BCUT2D eigenvalue weighted by Gasteiger charge is 2.17. The van der Waals surface area contributed by atoms with Crippen LogP contribution in [0.15, 0.2) is 34.3 Å². The second kappa shape index (κ2) is 6.20. The van der Waals surface area contributed by atoms with Crippen molar-refractivity contribution in [2.75, 3.05) is 7.11 Å². The van der Waals surface area contributed by atoms with E-state index in [1.807, 2.05) is 31.2 Å². The van der Waals surface area contributed by atoms with E-state index >= 15 is 0 Å². The molecular weight excluding hydrogens is 292 g/mol. The number of hydrogen-bond acceptors (Lipinski definition) is 3. The number of aliphatic imine (C=N–C) groups is 2. The molecule has 0 N–H and O–H groups in total. The fourth-order valence-corrected chi connectivity index (χ4v) is 3.20. The van der Waals surface area contributed by atoms with E-state index in [2.05, 4.69) is 23.6 Å². The number of hydrogen-bond donors (Lipinski definition) is 0. The van der Waals surface area contributed by atoms with Crippen LogP contribution in [0.25, 0.3) is 11.1 Å². The van der Waals surface area contributed by atoms with Crippen molar-refractivity contribution in [2.45, 2.75) is 13.8 Å². The molecule has 0 aliphatic rings. The van der Waals surface area contributed by atoms with Crippen molar-refractivity contribution in [3.63, 3.8) is 0 Å². The van der Waals surface area contributed by atoms with Gasteiger partial charge in [0.25, 0.3) is 0 Å². The second-order valence-corrected chi connectivity index (χ2v) is 5.94. The molecule has 104 valence electrons. The van der Waals surface area contributed by atoms with Gasteiger partial charge in [-0.3, -0.25) is 0 Å². The van der Waals surface area contributed by atoms with Crippen LogP contribution in [0.4, 0.5) is 5.69 Å². The minimum absolute atomic E-state index is 0.141. The van der Waals surface area contributed by atoms with Crippen LogP contribution in [0.1, 0.15) is 9.75 Å². The molecule has 20 heavy (non-hydrogen) atoms. The Labute approximate surface area is 127 Å².